The summed E-state index contributed by atoms with van der Waals surface area (Å²) in [5.41, 5.74) is 7.33. The predicted octanol–water partition coefficient (Wildman–Crippen LogP) is 7.90. The topological polar surface area (TPSA) is 67.5 Å². The van der Waals surface area contributed by atoms with Gasteiger partial charge in [-0.3, -0.25) is 0 Å². The average Bonchev–Trinajstić information content (AvgIpc) is 2.81. The molecule has 0 aliphatic heterocycles. The minimum absolute atomic E-state index is 0.0942. The van der Waals surface area contributed by atoms with E-state index in [1.165, 1.54) is 6.07 Å². The van der Waals surface area contributed by atoms with Crippen LogP contribution >= 0.6 is 0 Å². The molecule has 3 aromatic rings. The predicted molar refractivity (Wildman–Crippen MR) is 129 cm³/mol. The van der Waals surface area contributed by atoms with Gasteiger partial charge in [0.05, 0.1) is 16.8 Å². The van der Waals surface area contributed by atoms with E-state index in [1.807, 2.05) is 13.8 Å². The molecule has 4 nitrogen and oxygen atoms in total. The molecule has 0 aromatic heterocycles. The Morgan fingerprint density at radius 3 is 2.33 bits per heavy atom. The molecule has 0 amide bonds. The Labute approximate surface area is 191 Å². The van der Waals surface area contributed by atoms with Crippen molar-refractivity contribution < 1.29 is 23.0 Å². The summed E-state index contributed by atoms with van der Waals surface area (Å²) in [6, 6.07) is 15.0. The van der Waals surface area contributed by atoms with Crippen molar-refractivity contribution in [3.8, 4) is 11.5 Å². The lowest BCUT2D eigenvalue weighted by Gasteiger charge is -2.18. The molecule has 0 saturated carbocycles. The Hall–Kier alpha value is -3.71. The van der Waals surface area contributed by atoms with E-state index in [0.29, 0.717) is 23.4 Å². The van der Waals surface area contributed by atoms with E-state index in [-0.39, 0.29) is 22.9 Å². The fourth-order valence-electron chi connectivity index (χ4n) is 2.97. The number of nitrogens with two attached hydrogens (primary N) is 1. The Morgan fingerprint density at radius 1 is 1.03 bits per heavy atom. The molecule has 0 atom stereocenters. The second-order valence-corrected chi connectivity index (χ2v) is 6.71. The summed E-state index contributed by atoms with van der Waals surface area (Å²) in [4.78, 5) is 0. The second-order valence-electron chi connectivity index (χ2n) is 6.71. The first-order valence-corrected chi connectivity index (χ1v) is 10.3. The fourth-order valence-corrected chi connectivity index (χ4v) is 2.97. The number of anilines is 2. The van der Waals surface area contributed by atoms with E-state index >= 15 is 0 Å². The van der Waals surface area contributed by atoms with Crippen molar-refractivity contribution in [3.63, 3.8) is 0 Å². The Balaban J connectivity index is 0.00000187. The van der Waals surface area contributed by atoms with E-state index < -0.39 is 11.7 Å². The minimum Gasteiger partial charge on any atom is -0.508 e. The summed E-state index contributed by atoms with van der Waals surface area (Å²) in [6.07, 6.45) is -2.95. The largest absolute Gasteiger partial charge is 0.508 e. The number of alkyl halides is 3. The third kappa shape index (κ3) is 6.40. The van der Waals surface area contributed by atoms with Gasteiger partial charge in [-0.25, -0.2) is 0 Å². The quantitative estimate of drug-likeness (QED) is 0.316. The van der Waals surface area contributed by atoms with Crippen LogP contribution in [0.25, 0.3) is 11.8 Å². The highest BCUT2D eigenvalue weighted by atomic mass is 19.4. The van der Waals surface area contributed by atoms with Crippen molar-refractivity contribution in [1.82, 2.24) is 0 Å². The highest BCUT2D eigenvalue weighted by molar-refractivity contribution is 5.75. The summed E-state index contributed by atoms with van der Waals surface area (Å²) in [7, 11) is 0. The van der Waals surface area contributed by atoms with Crippen molar-refractivity contribution in [2.24, 2.45) is 5.73 Å². The molecule has 0 bridgehead atoms. The van der Waals surface area contributed by atoms with Gasteiger partial charge in [0, 0.05) is 12.2 Å². The molecular weight excluding hydrogens is 429 g/mol. The van der Waals surface area contributed by atoms with Crippen molar-refractivity contribution >= 4 is 23.2 Å². The first kappa shape index (κ1) is 25.5. The van der Waals surface area contributed by atoms with Gasteiger partial charge in [0.25, 0.3) is 0 Å². The number of para-hydroxylation sites is 1. The molecule has 3 aromatic carbocycles. The first-order chi connectivity index (χ1) is 15.7. The number of halogens is 3. The standard InChI is InChI=1S/C24H21F3N2O2.C2H6/c1-3-17-12-16(14-28)8-10-20(17)29-21-13-18(24(25,26)27)9-11-23(21)31-22-7-5-4-6-19(22)15(2)30;1-2/h3-13,29-30H,1-2,14,28H2;1-2H3. The first-order valence-electron chi connectivity index (χ1n) is 10.3. The Kier molecular flexibility index (Phi) is 8.70. The van der Waals surface area contributed by atoms with Crippen LogP contribution in [0.3, 0.4) is 0 Å². The number of ether oxygens (including phenoxy) is 1. The van der Waals surface area contributed by atoms with Gasteiger partial charge in [0.1, 0.15) is 11.5 Å². The summed E-state index contributed by atoms with van der Waals surface area (Å²) in [5, 5.41) is 12.8. The van der Waals surface area contributed by atoms with Gasteiger partial charge in [0.2, 0.25) is 0 Å². The molecule has 7 heteroatoms. The molecule has 0 aliphatic rings. The zero-order valence-corrected chi connectivity index (χ0v) is 18.5. The van der Waals surface area contributed by atoms with Crippen LogP contribution in [-0.2, 0) is 12.7 Å². The maximum atomic E-state index is 13.3. The molecular formula is C26H27F3N2O2. The number of hydrogen-bond donors (Lipinski definition) is 3. The van der Waals surface area contributed by atoms with Crippen LogP contribution in [0, 0.1) is 0 Å². The molecule has 33 heavy (non-hydrogen) atoms. The lowest BCUT2D eigenvalue weighted by molar-refractivity contribution is -0.137. The highest BCUT2D eigenvalue weighted by Gasteiger charge is 2.31. The van der Waals surface area contributed by atoms with Gasteiger partial charge < -0.3 is 20.9 Å². The highest BCUT2D eigenvalue weighted by Crippen LogP contribution is 2.39. The van der Waals surface area contributed by atoms with Gasteiger partial charge in [-0.15, -0.1) is 0 Å². The second kappa shape index (κ2) is 11.2. The molecule has 4 N–H and O–H groups in total. The molecule has 0 heterocycles. The number of aliphatic hydroxyl groups excluding tert-OH is 1. The van der Waals surface area contributed by atoms with Gasteiger partial charge >= 0.3 is 6.18 Å². The van der Waals surface area contributed by atoms with Crippen LogP contribution in [-0.4, -0.2) is 5.11 Å². The smallest absolute Gasteiger partial charge is 0.416 e. The molecule has 174 valence electrons. The van der Waals surface area contributed by atoms with E-state index in [4.69, 9.17) is 10.5 Å². The lowest BCUT2D eigenvalue weighted by atomic mass is 10.1. The third-order valence-electron chi connectivity index (χ3n) is 4.57. The number of nitrogens with one attached hydrogen (secondary N) is 1. The van der Waals surface area contributed by atoms with Crippen LogP contribution in [0.2, 0.25) is 0 Å². The van der Waals surface area contributed by atoms with Crippen molar-refractivity contribution in [3.05, 3.63) is 96.1 Å². The van der Waals surface area contributed by atoms with Gasteiger partial charge in [-0.05, 0) is 53.6 Å². The minimum atomic E-state index is -4.53. The molecule has 0 saturated heterocycles. The summed E-state index contributed by atoms with van der Waals surface area (Å²) < 4.78 is 45.9. The van der Waals surface area contributed by atoms with Gasteiger partial charge in [0.15, 0.2) is 5.75 Å². The van der Waals surface area contributed by atoms with E-state index in [0.717, 1.165) is 17.7 Å². The Morgan fingerprint density at radius 2 is 1.73 bits per heavy atom. The fraction of sp³-hybridized carbons (Fsp3) is 0.154. The normalized spacial score (nSPS) is 10.6. The average molecular weight is 457 g/mol. The summed E-state index contributed by atoms with van der Waals surface area (Å²) in [6.45, 7) is 11.6. The van der Waals surface area contributed by atoms with Crippen LogP contribution in [0.4, 0.5) is 24.5 Å². The van der Waals surface area contributed by atoms with E-state index in [1.54, 1.807) is 48.5 Å². The number of rotatable bonds is 7. The SMILES string of the molecule is C=Cc1cc(CN)ccc1Nc1cc(C(F)(F)F)ccc1Oc1ccccc1C(=C)O.CC. The molecule has 3 rings (SSSR count). The molecule has 0 aliphatic carbocycles. The third-order valence-corrected chi connectivity index (χ3v) is 4.57. The number of aliphatic hydroxyl groups is 1. The van der Waals surface area contributed by atoms with Crippen LogP contribution in [0.15, 0.2) is 73.8 Å². The molecule has 0 radical (unpaired) electrons. The maximum absolute atomic E-state index is 13.3. The number of benzene rings is 3. The molecule has 0 fully saturated rings. The van der Waals surface area contributed by atoms with Crippen molar-refractivity contribution in [2.75, 3.05) is 5.32 Å². The molecule has 0 spiro atoms. The van der Waals surface area contributed by atoms with E-state index in [2.05, 4.69) is 18.5 Å². The van der Waals surface area contributed by atoms with Gasteiger partial charge in [-0.2, -0.15) is 13.2 Å². The van der Waals surface area contributed by atoms with E-state index in [9.17, 15) is 18.3 Å². The summed E-state index contributed by atoms with van der Waals surface area (Å²) >= 11 is 0. The van der Waals surface area contributed by atoms with Crippen LogP contribution in [0.5, 0.6) is 11.5 Å². The maximum Gasteiger partial charge on any atom is 0.416 e. The van der Waals surface area contributed by atoms with Crippen molar-refractivity contribution in [1.29, 1.82) is 0 Å². The summed E-state index contributed by atoms with van der Waals surface area (Å²) in [5.74, 6) is 0.170. The monoisotopic (exact) mass is 456 g/mol. The Bertz CT molecular complexity index is 1120. The zero-order valence-electron chi connectivity index (χ0n) is 18.5. The van der Waals surface area contributed by atoms with Gasteiger partial charge in [-0.1, -0.05) is 51.3 Å². The van der Waals surface area contributed by atoms with Crippen molar-refractivity contribution in [2.45, 2.75) is 26.6 Å². The van der Waals surface area contributed by atoms with Crippen LogP contribution in [0.1, 0.15) is 36.1 Å². The zero-order chi connectivity index (χ0) is 24.6. The van der Waals surface area contributed by atoms with Crippen LogP contribution < -0.4 is 15.8 Å². The lowest BCUT2D eigenvalue weighted by Crippen LogP contribution is -2.07. The number of hydrogen-bond acceptors (Lipinski definition) is 4. The molecule has 0 unspecified atom stereocenters.